The van der Waals surface area contributed by atoms with Gasteiger partial charge in [0.1, 0.15) is 0 Å². The third-order valence-corrected chi connectivity index (χ3v) is 4.06. The molecule has 0 amide bonds. The number of hydrogen-bond acceptors (Lipinski definition) is 3. The van der Waals surface area contributed by atoms with Crippen LogP contribution in [0.4, 0.5) is 0 Å². The summed E-state index contributed by atoms with van der Waals surface area (Å²) in [7, 11) is 4.25. The van der Waals surface area contributed by atoms with E-state index in [0.717, 1.165) is 6.42 Å². The van der Waals surface area contributed by atoms with Crippen LogP contribution in [0.5, 0.6) is 0 Å². The Hall–Kier alpha value is -0.590. The average Bonchev–Trinajstić information content (AvgIpc) is 2.35. The minimum Gasteiger partial charge on any atom is -0.317 e. The van der Waals surface area contributed by atoms with Crippen LogP contribution < -0.4 is 5.32 Å². The highest BCUT2D eigenvalue weighted by molar-refractivity contribution is 4.87. The van der Waals surface area contributed by atoms with Gasteiger partial charge in [0.05, 0.1) is 12.5 Å². The van der Waals surface area contributed by atoms with Gasteiger partial charge < -0.3 is 5.32 Å². The van der Waals surface area contributed by atoms with Gasteiger partial charge in [0.2, 0.25) is 0 Å². The van der Waals surface area contributed by atoms with Crippen LogP contribution in [-0.2, 0) is 0 Å². The van der Waals surface area contributed by atoms with E-state index in [1.54, 1.807) is 0 Å². The molecule has 16 heavy (non-hydrogen) atoms. The second-order valence-electron chi connectivity index (χ2n) is 4.88. The van der Waals surface area contributed by atoms with E-state index in [-0.39, 0.29) is 0 Å². The summed E-state index contributed by atoms with van der Waals surface area (Å²) in [6.07, 6.45) is 6.83. The maximum absolute atomic E-state index is 8.81. The standard InChI is InChI=1S/C13H25N3/c1-4-12(9-10-14)16(3)13-7-5-11(15-2)6-8-13/h11-13,15H,4-9H2,1-3H3. The van der Waals surface area contributed by atoms with Crippen LogP contribution in [0.25, 0.3) is 0 Å². The van der Waals surface area contributed by atoms with Crippen molar-refractivity contribution >= 4 is 0 Å². The Morgan fingerprint density at radius 2 is 2.00 bits per heavy atom. The first kappa shape index (κ1) is 13.5. The number of hydrogen-bond donors (Lipinski definition) is 1. The first-order chi connectivity index (χ1) is 7.72. The van der Waals surface area contributed by atoms with Crippen LogP contribution in [0.1, 0.15) is 45.4 Å². The lowest BCUT2D eigenvalue weighted by molar-refractivity contribution is 0.126. The Bertz CT molecular complexity index is 226. The van der Waals surface area contributed by atoms with Crippen LogP contribution in [0.15, 0.2) is 0 Å². The molecule has 0 aromatic rings. The Morgan fingerprint density at radius 1 is 1.38 bits per heavy atom. The first-order valence-corrected chi connectivity index (χ1v) is 6.49. The molecule has 1 aliphatic rings. The third-order valence-electron chi connectivity index (χ3n) is 4.06. The summed E-state index contributed by atoms with van der Waals surface area (Å²) in [6, 6.07) is 4.14. The van der Waals surface area contributed by atoms with E-state index < -0.39 is 0 Å². The van der Waals surface area contributed by atoms with E-state index in [1.807, 2.05) is 0 Å². The van der Waals surface area contributed by atoms with Crippen LogP contribution in [-0.4, -0.2) is 37.1 Å². The molecular formula is C13H25N3. The topological polar surface area (TPSA) is 39.1 Å². The van der Waals surface area contributed by atoms with E-state index in [0.29, 0.717) is 24.5 Å². The van der Waals surface area contributed by atoms with Gasteiger partial charge in [0, 0.05) is 18.1 Å². The minimum absolute atomic E-state index is 0.445. The van der Waals surface area contributed by atoms with Gasteiger partial charge in [0.25, 0.3) is 0 Å². The van der Waals surface area contributed by atoms with Crippen molar-refractivity contribution in [2.24, 2.45) is 0 Å². The summed E-state index contributed by atoms with van der Waals surface area (Å²) in [6.45, 7) is 2.18. The normalized spacial score (nSPS) is 27.7. The van der Waals surface area contributed by atoms with E-state index in [1.165, 1.54) is 25.7 Å². The van der Waals surface area contributed by atoms with Crippen LogP contribution in [0.2, 0.25) is 0 Å². The van der Waals surface area contributed by atoms with Crippen molar-refractivity contribution in [2.75, 3.05) is 14.1 Å². The molecule has 1 aliphatic carbocycles. The molecule has 3 nitrogen and oxygen atoms in total. The monoisotopic (exact) mass is 223 g/mol. The van der Waals surface area contributed by atoms with E-state index >= 15 is 0 Å². The Labute approximate surface area is 99.8 Å². The molecule has 0 aromatic carbocycles. The van der Waals surface area contributed by atoms with Crippen molar-refractivity contribution in [3.8, 4) is 6.07 Å². The van der Waals surface area contributed by atoms with Crippen molar-refractivity contribution in [3.63, 3.8) is 0 Å². The number of nitrogens with zero attached hydrogens (tertiary/aromatic N) is 2. The van der Waals surface area contributed by atoms with Gasteiger partial charge in [-0.15, -0.1) is 0 Å². The molecule has 1 saturated carbocycles. The fourth-order valence-electron chi connectivity index (χ4n) is 2.75. The summed E-state index contributed by atoms with van der Waals surface area (Å²) < 4.78 is 0. The van der Waals surface area contributed by atoms with Gasteiger partial charge in [-0.05, 0) is 46.2 Å². The van der Waals surface area contributed by atoms with Crippen molar-refractivity contribution in [2.45, 2.75) is 63.6 Å². The quantitative estimate of drug-likeness (QED) is 0.776. The highest BCUT2D eigenvalue weighted by atomic mass is 15.2. The molecule has 3 heteroatoms. The lowest BCUT2D eigenvalue weighted by atomic mass is 9.89. The third kappa shape index (κ3) is 3.47. The lowest BCUT2D eigenvalue weighted by Crippen LogP contribution is -2.44. The highest BCUT2D eigenvalue weighted by Crippen LogP contribution is 2.24. The molecule has 0 saturated heterocycles. The van der Waals surface area contributed by atoms with Crippen LogP contribution >= 0.6 is 0 Å². The minimum atomic E-state index is 0.445. The predicted octanol–water partition coefficient (Wildman–Crippen LogP) is 2.14. The average molecular weight is 223 g/mol. The smallest absolute Gasteiger partial charge is 0.0638 e. The van der Waals surface area contributed by atoms with Gasteiger partial charge in [-0.3, -0.25) is 4.90 Å². The second-order valence-corrected chi connectivity index (χ2v) is 4.88. The van der Waals surface area contributed by atoms with Gasteiger partial charge in [-0.1, -0.05) is 6.92 Å². The molecule has 0 spiro atoms. The SMILES string of the molecule is CCC(CC#N)N(C)C1CCC(NC)CC1. The predicted molar refractivity (Wildman–Crippen MR) is 67.2 cm³/mol. The maximum Gasteiger partial charge on any atom is 0.0638 e. The van der Waals surface area contributed by atoms with Crippen molar-refractivity contribution < 1.29 is 0 Å². The second kappa shape index (κ2) is 6.88. The maximum atomic E-state index is 8.81. The molecule has 0 heterocycles. The summed E-state index contributed by atoms with van der Waals surface area (Å²) in [5, 5.41) is 12.2. The van der Waals surface area contributed by atoms with Crippen molar-refractivity contribution in [1.29, 1.82) is 5.26 Å². The molecule has 1 unspecified atom stereocenters. The summed E-state index contributed by atoms with van der Waals surface area (Å²) in [4.78, 5) is 2.44. The lowest BCUT2D eigenvalue weighted by Gasteiger charge is -2.38. The van der Waals surface area contributed by atoms with Crippen LogP contribution in [0, 0.1) is 11.3 Å². The zero-order valence-corrected chi connectivity index (χ0v) is 10.9. The fourth-order valence-corrected chi connectivity index (χ4v) is 2.75. The number of nitrogens with one attached hydrogen (secondary N) is 1. The molecule has 1 N–H and O–H groups in total. The Morgan fingerprint density at radius 3 is 2.44 bits per heavy atom. The summed E-state index contributed by atoms with van der Waals surface area (Å²) in [5.74, 6) is 0. The van der Waals surface area contributed by atoms with E-state index in [4.69, 9.17) is 5.26 Å². The molecular weight excluding hydrogens is 198 g/mol. The van der Waals surface area contributed by atoms with Crippen molar-refractivity contribution in [3.05, 3.63) is 0 Å². The molecule has 0 aliphatic heterocycles. The van der Waals surface area contributed by atoms with E-state index in [2.05, 4.69) is 37.3 Å². The Kier molecular flexibility index (Phi) is 5.79. The van der Waals surface area contributed by atoms with Crippen LogP contribution in [0.3, 0.4) is 0 Å². The molecule has 1 fully saturated rings. The van der Waals surface area contributed by atoms with Gasteiger partial charge >= 0.3 is 0 Å². The molecule has 0 radical (unpaired) electrons. The van der Waals surface area contributed by atoms with Gasteiger partial charge in [-0.2, -0.15) is 5.26 Å². The number of nitriles is 1. The largest absolute Gasteiger partial charge is 0.317 e. The number of rotatable bonds is 5. The van der Waals surface area contributed by atoms with E-state index in [9.17, 15) is 0 Å². The zero-order chi connectivity index (χ0) is 12.0. The zero-order valence-electron chi connectivity index (χ0n) is 10.9. The molecule has 1 rings (SSSR count). The molecule has 0 aromatic heterocycles. The van der Waals surface area contributed by atoms with Gasteiger partial charge in [-0.25, -0.2) is 0 Å². The first-order valence-electron chi connectivity index (χ1n) is 6.49. The molecule has 1 atom stereocenters. The fraction of sp³-hybridized carbons (Fsp3) is 0.923. The highest BCUT2D eigenvalue weighted by Gasteiger charge is 2.26. The molecule has 92 valence electrons. The summed E-state index contributed by atoms with van der Waals surface area (Å²) in [5.41, 5.74) is 0. The van der Waals surface area contributed by atoms with Gasteiger partial charge in [0.15, 0.2) is 0 Å². The molecule has 0 bridgehead atoms. The van der Waals surface area contributed by atoms with Crippen molar-refractivity contribution in [1.82, 2.24) is 10.2 Å². The Balaban J connectivity index is 2.42. The summed E-state index contributed by atoms with van der Waals surface area (Å²) >= 11 is 0.